The molecule has 1 heterocycles. The van der Waals surface area contributed by atoms with Crippen LogP contribution in [0.5, 0.6) is 0 Å². The second-order valence-corrected chi connectivity index (χ2v) is 8.41. The van der Waals surface area contributed by atoms with Crippen molar-refractivity contribution in [1.82, 2.24) is 10.2 Å². The number of carbonyl (C=O) groups excluding carboxylic acids is 1. The number of Topliss-reactive ketones (excluding diaryl/α,β-unsaturated/α-hetero) is 1. The number of nitrogens with one attached hydrogen (secondary N) is 1. The number of hydrogen-bond acceptors (Lipinski definition) is 6. The van der Waals surface area contributed by atoms with Crippen LogP contribution in [0.2, 0.25) is 0 Å². The molecule has 1 saturated carbocycles. The highest BCUT2D eigenvalue weighted by Gasteiger charge is 2.22. The van der Waals surface area contributed by atoms with E-state index in [2.05, 4.69) is 31.4 Å². The average molecular weight is 398 g/mol. The molecule has 22 heavy (non-hydrogen) atoms. The van der Waals surface area contributed by atoms with Gasteiger partial charge in [-0.15, -0.1) is 10.2 Å². The number of carbonyl (C=O) groups is 1. The van der Waals surface area contributed by atoms with Gasteiger partial charge < -0.3 is 5.32 Å². The van der Waals surface area contributed by atoms with Crippen LogP contribution < -0.4 is 5.32 Å². The van der Waals surface area contributed by atoms with Crippen molar-refractivity contribution in [2.45, 2.75) is 36.1 Å². The summed E-state index contributed by atoms with van der Waals surface area (Å²) in [6.07, 6.45) is 3.89. The number of ketones is 1. The van der Waals surface area contributed by atoms with Gasteiger partial charge in [-0.05, 0) is 31.4 Å². The molecular weight excluding hydrogens is 382 g/mol. The van der Waals surface area contributed by atoms with Crippen molar-refractivity contribution >= 4 is 49.9 Å². The smallest absolute Gasteiger partial charge is 0.206 e. The summed E-state index contributed by atoms with van der Waals surface area (Å²) in [5, 5.41) is 12.5. The van der Waals surface area contributed by atoms with Crippen LogP contribution in [0.4, 0.5) is 5.13 Å². The minimum absolute atomic E-state index is 0.196. The average Bonchev–Trinajstić information content (AvgIpc) is 3.21. The molecule has 0 unspecified atom stereocenters. The Kier molecular flexibility index (Phi) is 5.49. The number of nitrogens with zero attached hydrogens (tertiary/aromatic N) is 2. The summed E-state index contributed by atoms with van der Waals surface area (Å²) >= 11 is 6.64. The van der Waals surface area contributed by atoms with E-state index in [-0.39, 0.29) is 5.78 Å². The first kappa shape index (κ1) is 16.0. The summed E-state index contributed by atoms with van der Waals surface area (Å²) < 4.78 is 1.96. The number of anilines is 1. The molecule has 0 amide bonds. The lowest BCUT2D eigenvalue weighted by Crippen LogP contribution is -1.99. The Morgan fingerprint density at radius 2 is 2.09 bits per heavy atom. The van der Waals surface area contributed by atoms with Crippen LogP contribution in [-0.2, 0) is 0 Å². The number of thioether (sulfide) groups is 1. The number of rotatable bonds is 8. The van der Waals surface area contributed by atoms with E-state index in [0.29, 0.717) is 12.5 Å². The van der Waals surface area contributed by atoms with E-state index in [1.54, 1.807) is 23.1 Å². The van der Waals surface area contributed by atoms with E-state index in [4.69, 9.17) is 0 Å². The van der Waals surface area contributed by atoms with E-state index in [1.165, 1.54) is 12.8 Å². The molecule has 4 nitrogen and oxygen atoms in total. The maximum Gasteiger partial charge on any atom is 0.206 e. The van der Waals surface area contributed by atoms with Gasteiger partial charge in [0.1, 0.15) is 0 Å². The summed E-state index contributed by atoms with van der Waals surface area (Å²) in [6.45, 7) is 0. The zero-order chi connectivity index (χ0) is 15.4. The number of halogens is 1. The van der Waals surface area contributed by atoms with Crippen LogP contribution in [0, 0.1) is 0 Å². The van der Waals surface area contributed by atoms with E-state index in [9.17, 15) is 4.79 Å². The third kappa shape index (κ3) is 4.79. The van der Waals surface area contributed by atoms with Crippen LogP contribution in [0.15, 0.2) is 33.1 Å². The molecule has 1 fully saturated rings. The molecule has 1 aromatic heterocycles. The van der Waals surface area contributed by atoms with Gasteiger partial charge in [0.05, 0.1) is 0 Å². The fraction of sp³-hybridized carbons (Fsp3) is 0.400. The summed E-state index contributed by atoms with van der Waals surface area (Å²) in [5.74, 6) is 1.09. The molecule has 0 atom stereocenters. The van der Waals surface area contributed by atoms with Crippen LogP contribution >= 0.6 is 39.0 Å². The van der Waals surface area contributed by atoms with Crippen molar-refractivity contribution in [3.63, 3.8) is 0 Å². The monoisotopic (exact) mass is 397 g/mol. The lowest BCUT2D eigenvalue weighted by molar-refractivity contribution is 0.0982. The molecule has 1 aliphatic carbocycles. The first-order valence-electron chi connectivity index (χ1n) is 7.22. The van der Waals surface area contributed by atoms with Gasteiger partial charge in [0.15, 0.2) is 10.1 Å². The Labute approximate surface area is 146 Å². The summed E-state index contributed by atoms with van der Waals surface area (Å²) in [4.78, 5) is 12.0. The second kappa shape index (κ2) is 7.57. The Morgan fingerprint density at radius 1 is 1.32 bits per heavy atom. The van der Waals surface area contributed by atoms with Crippen molar-refractivity contribution in [3.8, 4) is 0 Å². The summed E-state index contributed by atoms with van der Waals surface area (Å²) in [5.41, 5.74) is 0.778. The van der Waals surface area contributed by atoms with Crippen molar-refractivity contribution in [3.05, 3.63) is 34.3 Å². The maximum absolute atomic E-state index is 12.0. The fourth-order valence-electron chi connectivity index (χ4n) is 1.90. The Hall–Kier alpha value is -0.920. The van der Waals surface area contributed by atoms with Gasteiger partial charge in [0.25, 0.3) is 0 Å². The van der Waals surface area contributed by atoms with Crippen LogP contribution in [-0.4, -0.2) is 27.8 Å². The maximum atomic E-state index is 12.0. The first-order chi connectivity index (χ1) is 10.7. The molecule has 0 saturated heterocycles. The molecule has 1 aliphatic rings. The van der Waals surface area contributed by atoms with Crippen LogP contribution in [0.25, 0.3) is 0 Å². The quantitative estimate of drug-likeness (QED) is 0.399. The third-order valence-corrected chi connectivity index (χ3v) is 5.85. The minimum atomic E-state index is 0.196. The van der Waals surface area contributed by atoms with Gasteiger partial charge in [0, 0.05) is 28.3 Å². The molecule has 0 bridgehead atoms. The second-order valence-electron chi connectivity index (χ2n) is 5.17. The highest BCUT2D eigenvalue weighted by atomic mass is 79.9. The fourth-order valence-corrected chi connectivity index (χ4v) is 4.00. The van der Waals surface area contributed by atoms with E-state index in [0.717, 1.165) is 31.7 Å². The highest BCUT2D eigenvalue weighted by molar-refractivity contribution is 9.10. The largest absolute Gasteiger partial charge is 0.357 e. The lowest BCUT2D eigenvalue weighted by Gasteiger charge is -2.01. The molecule has 0 spiro atoms. The molecule has 1 aromatic carbocycles. The van der Waals surface area contributed by atoms with Gasteiger partial charge in [-0.2, -0.15) is 0 Å². The van der Waals surface area contributed by atoms with Crippen molar-refractivity contribution in [2.75, 3.05) is 11.1 Å². The molecule has 116 valence electrons. The van der Waals surface area contributed by atoms with Crippen molar-refractivity contribution in [1.29, 1.82) is 0 Å². The van der Waals surface area contributed by atoms with Gasteiger partial charge in [0.2, 0.25) is 5.13 Å². The molecule has 0 aliphatic heterocycles. The molecule has 2 aromatic rings. The Morgan fingerprint density at radius 3 is 2.82 bits per heavy atom. The zero-order valence-corrected chi connectivity index (χ0v) is 15.1. The SMILES string of the molecule is O=C(CCCSc1nnc(NC2CC2)s1)c1ccc(Br)cc1. The molecule has 1 N–H and O–H groups in total. The summed E-state index contributed by atoms with van der Waals surface area (Å²) in [6, 6.07) is 8.13. The van der Waals surface area contributed by atoms with Crippen LogP contribution in [0.1, 0.15) is 36.0 Å². The standard InChI is InChI=1S/C15H16BrN3OS2/c16-11-5-3-10(4-6-11)13(20)2-1-9-21-15-19-18-14(22-15)17-12-7-8-12/h3-6,12H,1-2,7-9H2,(H,17,18). The molecule has 0 radical (unpaired) electrons. The number of hydrogen-bond donors (Lipinski definition) is 1. The predicted molar refractivity (Wildman–Crippen MR) is 95.0 cm³/mol. The van der Waals surface area contributed by atoms with Crippen LogP contribution in [0.3, 0.4) is 0 Å². The van der Waals surface area contributed by atoms with Crippen molar-refractivity contribution < 1.29 is 4.79 Å². The van der Waals surface area contributed by atoms with Gasteiger partial charge in [-0.1, -0.05) is 51.2 Å². The van der Waals surface area contributed by atoms with Gasteiger partial charge >= 0.3 is 0 Å². The topological polar surface area (TPSA) is 54.9 Å². The zero-order valence-electron chi connectivity index (χ0n) is 11.9. The lowest BCUT2D eigenvalue weighted by atomic mass is 10.1. The normalized spacial score (nSPS) is 14.0. The Balaban J connectivity index is 1.38. The number of benzene rings is 1. The van der Waals surface area contributed by atoms with Gasteiger partial charge in [-0.25, -0.2) is 0 Å². The Bertz CT molecular complexity index is 640. The molecule has 3 rings (SSSR count). The molecule has 7 heteroatoms. The minimum Gasteiger partial charge on any atom is -0.357 e. The number of aromatic nitrogens is 2. The van der Waals surface area contributed by atoms with Crippen molar-refractivity contribution in [2.24, 2.45) is 0 Å². The van der Waals surface area contributed by atoms with E-state index in [1.807, 2.05) is 24.3 Å². The predicted octanol–water partition coefficient (Wildman–Crippen LogP) is 4.63. The van der Waals surface area contributed by atoms with E-state index >= 15 is 0 Å². The molecular formula is C15H16BrN3OS2. The third-order valence-electron chi connectivity index (χ3n) is 3.25. The van der Waals surface area contributed by atoms with Gasteiger partial charge in [-0.3, -0.25) is 4.79 Å². The van der Waals surface area contributed by atoms with E-state index < -0.39 is 0 Å². The first-order valence-corrected chi connectivity index (χ1v) is 9.82. The highest BCUT2D eigenvalue weighted by Crippen LogP contribution is 2.30. The summed E-state index contributed by atoms with van der Waals surface area (Å²) in [7, 11) is 0.